The molecule has 0 atom stereocenters. The van der Waals surface area contributed by atoms with Crippen LogP contribution in [-0.2, 0) is 12.8 Å². The van der Waals surface area contributed by atoms with Crippen molar-refractivity contribution in [1.82, 2.24) is 0 Å². The zero-order valence-corrected chi connectivity index (χ0v) is 9.24. The molecule has 0 aliphatic heterocycles. The Kier molecular flexibility index (Phi) is 2.14. The lowest BCUT2D eigenvalue weighted by molar-refractivity contribution is 1.00. The van der Waals surface area contributed by atoms with E-state index in [0.717, 1.165) is 12.8 Å². The fraction of sp³-hybridized carbons (Fsp3) is 0.125. The Morgan fingerprint density at radius 2 is 1.44 bits per heavy atom. The van der Waals surface area contributed by atoms with Crippen LogP contribution in [0.1, 0.15) is 27.8 Å². The summed E-state index contributed by atoms with van der Waals surface area (Å²) in [5.41, 5.74) is 7.08. The number of benzene rings is 2. The number of rotatable bonds is 1. The van der Waals surface area contributed by atoms with E-state index in [1.807, 2.05) is 6.08 Å². The van der Waals surface area contributed by atoms with Gasteiger partial charge in [-0.15, -0.1) is 0 Å². The number of fused-ring (bicyclic) bond motifs is 2. The van der Waals surface area contributed by atoms with E-state index in [4.69, 9.17) is 0 Å². The maximum Gasteiger partial charge on any atom is -0.00199 e. The summed E-state index contributed by atoms with van der Waals surface area (Å²) >= 11 is 0. The maximum absolute atomic E-state index is 3.82. The molecule has 16 heavy (non-hydrogen) atoms. The third-order valence-corrected chi connectivity index (χ3v) is 3.35. The molecular formula is C16H14. The molecule has 0 spiro atoms. The van der Waals surface area contributed by atoms with Crippen LogP contribution >= 0.6 is 0 Å². The first kappa shape index (κ1) is 9.41. The van der Waals surface area contributed by atoms with Gasteiger partial charge in [0.05, 0.1) is 0 Å². The molecule has 0 amide bonds. The van der Waals surface area contributed by atoms with Gasteiger partial charge in [0, 0.05) is 0 Å². The highest BCUT2D eigenvalue weighted by Crippen LogP contribution is 2.27. The van der Waals surface area contributed by atoms with Crippen molar-refractivity contribution in [2.45, 2.75) is 12.8 Å². The summed E-state index contributed by atoms with van der Waals surface area (Å²) in [7, 11) is 0. The van der Waals surface area contributed by atoms with E-state index in [1.165, 1.54) is 27.8 Å². The van der Waals surface area contributed by atoms with E-state index in [0.29, 0.717) is 0 Å². The second kappa shape index (κ2) is 3.64. The second-order valence-corrected chi connectivity index (χ2v) is 4.35. The summed E-state index contributed by atoms with van der Waals surface area (Å²) in [5, 5.41) is 0. The molecule has 78 valence electrons. The average molecular weight is 206 g/mol. The normalized spacial score (nSPS) is 12.8. The summed E-state index contributed by atoms with van der Waals surface area (Å²) in [6, 6.07) is 15.4. The quantitative estimate of drug-likeness (QED) is 0.567. The van der Waals surface area contributed by atoms with Crippen LogP contribution in [0.3, 0.4) is 0 Å². The molecule has 3 rings (SSSR count). The molecule has 0 unspecified atom stereocenters. The largest absolute Gasteiger partial charge is 0.0985 e. The van der Waals surface area contributed by atoms with Gasteiger partial charge in [0.1, 0.15) is 0 Å². The van der Waals surface area contributed by atoms with Gasteiger partial charge in [0.15, 0.2) is 0 Å². The highest BCUT2D eigenvalue weighted by Gasteiger charge is 2.14. The summed E-state index contributed by atoms with van der Waals surface area (Å²) in [4.78, 5) is 0. The molecule has 0 N–H and O–H groups in total. The van der Waals surface area contributed by atoms with Crippen LogP contribution in [0.25, 0.3) is 6.08 Å². The van der Waals surface area contributed by atoms with Crippen molar-refractivity contribution < 1.29 is 0 Å². The van der Waals surface area contributed by atoms with Gasteiger partial charge >= 0.3 is 0 Å². The minimum Gasteiger partial charge on any atom is -0.0985 e. The molecule has 0 heteroatoms. The SMILES string of the molecule is C=Cc1ccc2c(c1)Cc1ccccc1C2. The molecule has 1 aliphatic carbocycles. The van der Waals surface area contributed by atoms with Crippen LogP contribution in [0.15, 0.2) is 49.0 Å². The van der Waals surface area contributed by atoms with Gasteiger partial charge < -0.3 is 0 Å². The second-order valence-electron chi connectivity index (χ2n) is 4.35. The molecule has 0 saturated carbocycles. The van der Waals surface area contributed by atoms with Crippen molar-refractivity contribution in [2.75, 3.05) is 0 Å². The van der Waals surface area contributed by atoms with Crippen LogP contribution in [0, 0.1) is 0 Å². The lowest BCUT2D eigenvalue weighted by Crippen LogP contribution is -2.07. The minimum absolute atomic E-state index is 1.06. The summed E-state index contributed by atoms with van der Waals surface area (Å²) in [6.45, 7) is 3.82. The molecule has 0 saturated heterocycles. The molecule has 2 aromatic carbocycles. The smallest absolute Gasteiger partial charge is 0.00199 e. The van der Waals surface area contributed by atoms with Crippen LogP contribution in [0.2, 0.25) is 0 Å². The highest BCUT2D eigenvalue weighted by atomic mass is 14.2. The third-order valence-electron chi connectivity index (χ3n) is 3.35. The van der Waals surface area contributed by atoms with Gasteiger partial charge in [-0.05, 0) is 40.7 Å². The Morgan fingerprint density at radius 3 is 2.12 bits per heavy atom. The zero-order chi connectivity index (χ0) is 11.0. The molecule has 0 radical (unpaired) electrons. The van der Waals surface area contributed by atoms with E-state index < -0.39 is 0 Å². The van der Waals surface area contributed by atoms with Crippen LogP contribution in [0.4, 0.5) is 0 Å². The fourth-order valence-electron chi connectivity index (χ4n) is 2.42. The molecule has 0 fully saturated rings. The van der Waals surface area contributed by atoms with Gasteiger partial charge in [-0.1, -0.05) is 55.1 Å². The molecule has 0 nitrogen and oxygen atoms in total. The lowest BCUT2D eigenvalue weighted by atomic mass is 9.85. The fourth-order valence-corrected chi connectivity index (χ4v) is 2.42. The van der Waals surface area contributed by atoms with E-state index in [9.17, 15) is 0 Å². The summed E-state index contributed by atoms with van der Waals surface area (Å²) in [6.07, 6.45) is 4.05. The first-order valence-corrected chi connectivity index (χ1v) is 5.68. The highest BCUT2D eigenvalue weighted by molar-refractivity contribution is 5.53. The van der Waals surface area contributed by atoms with Crippen molar-refractivity contribution in [3.8, 4) is 0 Å². The van der Waals surface area contributed by atoms with Gasteiger partial charge in [0.25, 0.3) is 0 Å². The first-order chi connectivity index (χ1) is 7.86. The summed E-state index contributed by atoms with van der Waals surface area (Å²) < 4.78 is 0. The van der Waals surface area contributed by atoms with Crippen molar-refractivity contribution >= 4 is 6.08 Å². The topological polar surface area (TPSA) is 0 Å². The van der Waals surface area contributed by atoms with Gasteiger partial charge in [-0.3, -0.25) is 0 Å². The Labute approximate surface area is 96.3 Å². The van der Waals surface area contributed by atoms with Crippen molar-refractivity contribution in [1.29, 1.82) is 0 Å². The van der Waals surface area contributed by atoms with Gasteiger partial charge in [0.2, 0.25) is 0 Å². The number of hydrogen-bond acceptors (Lipinski definition) is 0. The van der Waals surface area contributed by atoms with E-state index in [1.54, 1.807) is 0 Å². The predicted molar refractivity (Wildman–Crippen MR) is 68.6 cm³/mol. The average Bonchev–Trinajstić information content (AvgIpc) is 2.35. The Balaban J connectivity index is 2.08. The molecule has 1 aliphatic rings. The molecule has 0 heterocycles. The Hall–Kier alpha value is -1.82. The van der Waals surface area contributed by atoms with E-state index in [2.05, 4.69) is 49.0 Å². The molecule has 2 aromatic rings. The predicted octanol–water partition coefficient (Wildman–Crippen LogP) is 3.82. The minimum atomic E-state index is 1.06. The summed E-state index contributed by atoms with van der Waals surface area (Å²) in [5.74, 6) is 0. The first-order valence-electron chi connectivity index (χ1n) is 5.68. The van der Waals surface area contributed by atoms with Crippen LogP contribution in [-0.4, -0.2) is 0 Å². The monoisotopic (exact) mass is 206 g/mol. The Morgan fingerprint density at radius 1 is 0.812 bits per heavy atom. The molecular weight excluding hydrogens is 192 g/mol. The Bertz CT molecular complexity index is 550. The van der Waals surface area contributed by atoms with Crippen LogP contribution < -0.4 is 0 Å². The number of hydrogen-bond donors (Lipinski definition) is 0. The third kappa shape index (κ3) is 1.47. The molecule has 0 aromatic heterocycles. The van der Waals surface area contributed by atoms with Gasteiger partial charge in [-0.2, -0.15) is 0 Å². The van der Waals surface area contributed by atoms with E-state index in [-0.39, 0.29) is 0 Å². The van der Waals surface area contributed by atoms with Gasteiger partial charge in [-0.25, -0.2) is 0 Å². The van der Waals surface area contributed by atoms with Crippen molar-refractivity contribution in [3.05, 3.63) is 76.9 Å². The molecule has 0 bridgehead atoms. The van der Waals surface area contributed by atoms with Crippen LogP contribution in [0.5, 0.6) is 0 Å². The standard InChI is InChI=1S/C16H14/c1-2-12-7-8-15-10-13-5-3-4-6-14(13)11-16(15)9-12/h2-9H,1,10-11H2. The van der Waals surface area contributed by atoms with Crippen molar-refractivity contribution in [2.24, 2.45) is 0 Å². The van der Waals surface area contributed by atoms with E-state index >= 15 is 0 Å². The maximum atomic E-state index is 3.82. The lowest BCUT2D eigenvalue weighted by Gasteiger charge is -2.19. The zero-order valence-electron chi connectivity index (χ0n) is 9.24. The van der Waals surface area contributed by atoms with Crippen molar-refractivity contribution in [3.63, 3.8) is 0 Å².